The van der Waals surface area contributed by atoms with Gasteiger partial charge in [0.15, 0.2) is 5.82 Å². The smallest absolute Gasteiger partial charge is 0.168 e. The van der Waals surface area contributed by atoms with Gasteiger partial charge in [0.2, 0.25) is 0 Å². The van der Waals surface area contributed by atoms with E-state index in [1.165, 1.54) is 0 Å². The third-order valence-electron chi connectivity index (χ3n) is 2.25. The molecular weight excluding hydrogens is 194 g/mol. The molecule has 6 nitrogen and oxygen atoms in total. The van der Waals surface area contributed by atoms with Crippen molar-refractivity contribution in [3.63, 3.8) is 0 Å². The molecule has 1 heterocycles. The second kappa shape index (κ2) is 5.77. The van der Waals surface area contributed by atoms with Crippen LogP contribution in [0, 0.1) is 0 Å². The number of ether oxygens (including phenoxy) is 1. The summed E-state index contributed by atoms with van der Waals surface area (Å²) in [6, 6.07) is 0.0206. The number of aromatic nitrogens is 4. The molecule has 0 fully saturated rings. The van der Waals surface area contributed by atoms with Crippen LogP contribution in [0.5, 0.6) is 0 Å². The Morgan fingerprint density at radius 1 is 1.53 bits per heavy atom. The predicted octanol–water partition coefficient (Wildman–Crippen LogP) is 0.680. The average molecular weight is 213 g/mol. The Hall–Kier alpha value is -1.01. The molecular formula is C9H19N5O. The number of hydrogen-bond acceptors (Lipinski definition) is 5. The summed E-state index contributed by atoms with van der Waals surface area (Å²) in [6.45, 7) is 4.61. The van der Waals surface area contributed by atoms with Crippen molar-refractivity contribution in [2.45, 2.75) is 38.8 Å². The lowest BCUT2D eigenvalue weighted by atomic mass is 10.2. The number of tetrazole rings is 1. The zero-order chi connectivity index (χ0) is 11.3. The monoisotopic (exact) mass is 213 g/mol. The molecule has 0 bridgehead atoms. The zero-order valence-electron chi connectivity index (χ0n) is 9.55. The Morgan fingerprint density at radius 2 is 2.27 bits per heavy atom. The summed E-state index contributed by atoms with van der Waals surface area (Å²) in [5.74, 6) is 0.713. The molecule has 0 saturated heterocycles. The van der Waals surface area contributed by atoms with Gasteiger partial charge in [0, 0.05) is 7.11 Å². The highest BCUT2D eigenvalue weighted by Gasteiger charge is 2.18. The van der Waals surface area contributed by atoms with E-state index in [1.807, 2.05) is 6.92 Å². The largest absolute Gasteiger partial charge is 0.382 e. The molecule has 1 aromatic heterocycles. The molecule has 86 valence electrons. The van der Waals surface area contributed by atoms with Gasteiger partial charge in [-0.05, 0) is 23.8 Å². The fourth-order valence-corrected chi connectivity index (χ4v) is 1.56. The second-order valence-corrected chi connectivity index (χ2v) is 3.67. The molecule has 0 amide bonds. The van der Waals surface area contributed by atoms with Gasteiger partial charge in [-0.2, -0.15) is 0 Å². The van der Waals surface area contributed by atoms with E-state index >= 15 is 0 Å². The van der Waals surface area contributed by atoms with Crippen molar-refractivity contribution in [2.75, 3.05) is 13.7 Å². The van der Waals surface area contributed by atoms with E-state index in [1.54, 1.807) is 11.8 Å². The molecule has 0 spiro atoms. The molecule has 2 atom stereocenters. The van der Waals surface area contributed by atoms with Crippen molar-refractivity contribution in [1.29, 1.82) is 0 Å². The van der Waals surface area contributed by atoms with E-state index in [0.29, 0.717) is 12.4 Å². The quantitative estimate of drug-likeness (QED) is 0.751. The average Bonchev–Trinajstić information content (AvgIpc) is 2.65. The first-order valence-electron chi connectivity index (χ1n) is 5.23. The highest BCUT2D eigenvalue weighted by Crippen LogP contribution is 2.16. The molecule has 0 aliphatic heterocycles. The van der Waals surface area contributed by atoms with E-state index in [2.05, 4.69) is 22.4 Å². The highest BCUT2D eigenvalue weighted by atomic mass is 16.5. The summed E-state index contributed by atoms with van der Waals surface area (Å²) in [5.41, 5.74) is 5.78. The number of nitrogens with zero attached hydrogens (tertiary/aromatic N) is 4. The molecule has 0 aliphatic carbocycles. The fraction of sp³-hybridized carbons (Fsp3) is 0.889. The molecule has 0 aliphatic rings. The Balaban J connectivity index is 2.84. The van der Waals surface area contributed by atoms with Crippen LogP contribution >= 0.6 is 0 Å². The molecule has 0 aromatic carbocycles. The van der Waals surface area contributed by atoms with E-state index in [9.17, 15) is 0 Å². The first kappa shape index (κ1) is 12.1. The van der Waals surface area contributed by atoms with Gasteiger partial charge in [-0.1, -0.05) is 13.3 Å². The van der Waals surface area contributed by atoms with Gasteiger partial charge in [0.05, 0.1) is 18.7 Å². The summed E-state index contributed by atoms with van der Waals surface area (Å²) in [7, 11) is 1.68. The van der Waals surface area contributed by atoms with Crippen LogP contribution in [0.25, 0.3) is 0 Å². The number of hydrogen-bond donors (Lipinski definition) is 1. The highest BCUT2D eigenvalue weighted by molar-refractivity contribution is 4.90. The van der Waals surface area contributed by atoms with Crippen molar-refractivity contribution in [2.24, 2.45) is 5.73 Å². The minimum atomic E-state index is -0.156. The van der Waals surface area contributed by atoms with Crippen LogP contribution in [0.15, 0.2) is 0 Å². The van der Waals surface area contributed by atoms with Crippen molar-refractivity contribution in [3.8, 4) is 0 Å². The third-order valence-corrected chi connectivity index (χ3v) is 2.25. The van der Waals surface area contributed by atoms with Crippen LogP contribution in [0.4, 0.5) is 0 Å². The van der Waals surface area contributed by atoms with Crippen LogP contribution < -0.4 is 5.73 Å². The van der Waals surface area contributed by atoms with Gasteiger partial charge < -0.3 is 10.5 Å². The lowest BCUT2D eigenvalue weighted by molar-refractivity contribution is 0.141. The van der Waals surface area contributed by atoms with Crippen LogP contribution in [-0.4, -0.2) is 33.9 Å². The summed E-state index contributed by atoms with van der Waals surface area (Å²) in [4.78, 5) is 0. The second-order valence-electron chi connectivity index (χ2n) is 3.67. The third kappa shape index (κ3) is 2.97. The van der Waals surface area contributed by atoms with E-state index in [-0.39, 0.29) is 12.1 Å². The van der Waals surface area contributed by atoms with E-state index < -0.39 is 0 Å². The van der Waals surface area contributed by atoms with E-state index in [4.69, 9.17) is 10.5 Å². The maximum absolute atomic E-state index is 5.78. The topological polar surface area (TPSA) is 78.8 Å². The first-order valence-corrected chi connectivity index (χ1v) is 5.23. The Morgan fingerprint density at radius 3 is 2.80 bits per heavy atom. The fourth-order valence-electron chi connectivity index (χ4n) is 1.56. The predicted molar refractivity (Wildman–Crippen MR) is 56.2 cm³/mol. The number of methoxy groups -OCH3 is 1. The van der Waals surface area contributed by atoms with Crippen molar-refractivity contribution < 1.29 is 4.74 Å². The van der Waals surface area contributed by atoms with Crippen molar-refractivity contribution >= 4 is 0 Å². The van der Waals surface area contributed by atoms with Crippen molar-refractivity contribution in [3.05, 3.63) is 5.82 Å². The van der Waals surface area contributed by atoms with Gasteiger partial charge in [-0.3, -0.25) is 0 Å². The number of rotatable bonds is 6. The van der Waals surface area contributed by atoms with Gasteiger partial charge in [0.1, 0.15) is 0 Å². The lowest BCUT2D eigenvalue weighted by Gasteiger charge is -2.17. The van der Waals surface area contributed by atoms with Crippen LogP contribution in [0.1, 0.15) is 44.6 Å². The lowest BCUT2D eigenvalue weighted by Crippen LogP contribution is -2.22. The molecule has 1 rings (SSSR count). The first-order chi connectivity index (χ1) is 7.20. The summed E-state index contributed by atoms with van der Waals surface area (Å²) in [6.07, 6.45) is 2.05. The van der Waals surface area contributed by atoms with Crippen LogP contribution in [0.3, 0.4) is 0 Å². The van der Waals surface area contributed by atoms with E-state index in [0.717, 1.165) is 12.8 Å². The van der Waals surface area contributed by atoms with Gasteiger partial charge in [-0.15, -0.1) is 5.10 Å². The Labute approximate surface area is 89.8 Å². The molecule has 15 heavy (non-hydrogen) atoms. The molecule has 0 saturated carbocycles. The summed E-state index contributed by atoms with van der Waals surface area (Å²) < 4.78 is 6.93. The number of nitrogens with two attached hydrogens (primary N) is 1. The minimum Gasteiger partial charge on any atom is -0.382 e. The van der Waals surface area contributed by atoms with Crippen LogP contribution in [-0.2, 0) is 4.74 Å². The van der Waals surface area contributed by atoms with Gasteiger partial charge in [-0.25, -0.2) is 4.68 Å². The van der Waals surface area contributed by atoms with Gasteiger partial charge >= 0.3 is 0 Å². The standard InChI is InChI=1S/C9H19N5O/c1-4-5-8(6-15-3)14-9(7(2)10)11-12-13-14/h7-8H,4-6,10H2,1-3H3. The van der Waals surface area contributed by atoms with Crippen LogP contribution in [0.2, 0.25) is 0 Å². The Kier molecular flexibility index (Phi) is 4.64. The van der Waals surface area contributed by atoms with Gasteiger partial charge in [0.25, 0.3) is 0 Å². The molecule has 0 radical (unpaired) electrons. The summed E-state index contributed by atoms with van der Waals surface area (Å²) >= 11 is 0. The maximum atomic E-state index is 5.78. The van der Waals surface area contributed by atoms with Crippen molar-refractivity contribution in [1.82, 2.24) is 20.2 Å². The molecule has 2 N–H and O–H groups in total. The molecule has 1 aromatic rings. The SMILES string of the molecule is CCCC(COC)n1nnnc1C(C)N. The Bertz CT molecular complexity index is 280. The zero-order valence-corrected chi connectivity index (χ0v) is 9.55. The maximum Gasteiger partial charge on any atom is 0.168 e. The molecule has 6 heteroatoms. The summed E-state index contributed by atoms with van der Waals surface area (Å²) in [5, 5.41) is 11.5. The normalized spacial score (nSPS) is 15.2. The minimum absolute atomic E-state index is 0.156. The molecule has 2 unspecified atom stereocenters.